The predicted octanol–water partition coefficient (Wildman–Crippen LogP) is 5.88. The van der Waals surface area contributed by atoms with Gasteiger partial charge in [-0.3, -0.25) is 9.59 Å². The number of fused-ring (bicyclic) bond motifs is 1. The number of carbonyl (C=O) groups is 2. The van der Waals surface area contributed by atoms with Crippen LogP contribution >= 0.6 is 0 Å². The fourth-order valence-corrected chi connectivity index (χ4v) is 5.02. The van der Waals surface area contributed by atoms with E-state index in [9.17, 15) is 22.8 Å². The zero-order valence-corrected chi connectivity index (χ0v) is 20.7. The summed E-state index contributed by atoms with van der Waals surface area (Å²) in [6.45, 7) is 5.80. The first kappa shape index (κ1) is 26.3. The molecule has 4 atom stereocenters. The van der Waals surface area contributed by atoms with Crippen LogP contribution in [0.5, 0.6) is 5.75 Å². The normalized spacial score (nSPS) is 20.9. The van der Waals surface area contributed by atoms with Crippen LogP contribution < -0.4 is 15.4 Å². The van der Waals surface area contributed by atoms with Crippen LogP contribution in [0, 0.1) is 11.8 Å². The number of rotatable bonds is 7. The highest BCUT2D eigenvalue weighted by molar-refractivity contribution is 5.99. The van der Waals surface area contributed by atoms with Gasteiger partial charge in [-0.2, -0.15) is 0 Å². The van der Waals surface area contributed by atoms with Crippen molar-refractivity contribution in [3.8, 4) is 5.75 Å². The number of aliphatic carboxylic acids is 1. The van der Waals surface area contributed by atoms with Gasteiger partial charge < -0.3 is 25.0 Å². The molecule has 8 nitrogen and oxygen atoms in total. The van der Waals surface area contributed by atoms with Crippen molar-refractivity contribution < 1.29 is 32.6 Å². The summed E-state index contributed by atoms with van der Waals surface area (Å²) in [5, 5.41) is 14.7. The topological polar surface area (TPSA) is 105 Å². The summed E-state index contributed by atoms with van der Waals surface area (Å²) in [5.74, 6) is -0.491. The molecule has 1 unspecified atom stereocenters. The van der Waals surface area contributed by atoms with Crippen molar-refractivity contribution in [3.05, 3.63) is 48.0 Å². The van der Waals surface area contributed by atoms with E-state index in [1.165, 1.54) is 31.2 Å². The van der Waals surface area contributed by atoms with E-state index in [1.54, 1.807) is 18.2 Å². The third-order valence-electron chi connectivity index (χ3n) is 6.53. The van der Waals surface area contributed by atoms with E-state index >= 15 is 0 Å². The van der Waals surface area contributed by atoms with E-state index in [0.29, 0.717) is 29.0 Å². The second-order valence-electron chi connectivity index (χ2n) is 9.81. The van der Waals surface area contributed by atoms with Gasteiger partial charge in [-0.15, -0.1) is 13.2 Å². The standard InChI is InChI=1S/C26H29F3N4O4/c1-14-10-15(2)12-19(11-14)33-22-9-4-17(23(34)30-16(3)24(35)36)13-21(22)32-25(33)31-18-5-7-20(8-6-18)37-26(27,28)29/h4-9,13-16,19H,10-12H2,1-3H3,(H,30,34)(H,31,32)(H,35,36)/t14-,15?,16-,19-/m1/s1. The third kappa shape index (κ3) is 6.33. The van der Waals surface area contributed by atoms with Crippen LogP contribution in [0.1, 0.15) is 56.4 Å². The van der Waals surface area contributed by atoms with Crippen LogP contribution in [0.4, 0.5) is 24.8 Å². The molecule has 1 aromatic heterocycles. The largest absolute Gasteiger partial charge is 0.573 e. The first-order chi connectivity index (χ1) is 17.4. The van der Waals surface area contributed by atoms with Crippen LogP contribution in [0.15, 0.2) is 42.5 Å². The van der Waals surface area contributed by atoms with Crippen LogP contribution in [0.3, 0.4) is 0 Å². The number of nitrogens with one attached hydrogen (secondary N) is 2. The molecule has 1 fully saturated rings. The van der Waals surface area contributed by atoms with E-state index in [1.807, 2.05) is 0 Å². The second kappa shape index (κ2) is 10.3. The molecule has 0 saturated heterocycles. The molecule has 1 aliphatic carbocycles. The van der Waals surface area contributed by atoms with Crippen molar-refractivity contribution >= 4 is 34.5 Å². The lowest BCUT2D eigenvalue weighted by Crippen LogP contribution is -2.38. The van der Waals surface area contributed by atoms with Gasteiger partial charge in [0.15, 0.2) is 0 Å². The fourth-order valence-electron chi connectivity index (χ4n) is 5.02. The van der Waals surface area contributed by atoms with Crippen LogP contribution in [0.2, 0.25) is 0 Å². The number of benzene rings is 2. The quantitative estimate of drug-likeness (QED) is 0.361. The molecule has 1 heterocycles. The van der Waals surface area contributed by atoms with Crippen LogP contribution in [0.25, 0.3) is 11.0 Å². The summed E-state index contributed by atoms with van der Waals surface area (Å²) in [5.41, 5.74) is 2.14. The highest BCUT2D eigenvalue weighted by Gasteiger charge is 2.31. The van der Waals surface area contributed by atoms with Crippen molar-refractivity contribution in [2.24, 2.45) is 11.8 Å². The summed E-state index contributed by atoms with van der Waals surface area (Å²) < 4.78 is 43.6. The minimum absolute atomic E-state index is 0.130. The van der Waals surface area contributed by atoms with Gasteiger partial charge in [0.25, 0.3) is 5.91 Å². The van der Waals surface area contributed by atoms with E-state index in [0.717, 1.165) is 24.8 Å². The number of halogens is 3. The van der Waals surface area contributed by atoms with Gasteiger partial charge in [0, 0.05) is 17.3 Å². The Morgan fingerprint density at radius 3 is 2.32 bits per heavy atom. The lowest BCUT2D eigenvalue weighted by atomic mass is 9.80. The Morgan fingerprint density at radius 2 is 1.73 bits per heavy atom. The van der Waals surface area contributed by atoms with Gasteiger partial charge >= 0.3 is 12.3 Å². The predicted molar refractivity (Wildman–Crippen MR) is 132 cm³/mol. The first-order valence-electron chi connectivity index (χ1n) is 12.1. The van der Waals surface area contributed by atoms with E-state index in [4.69, 9.17) is 10.1 Å². The number of alkyl halides is 3. The molecule has 4 rings (SSSR count). The van der Waals surface area contributed by atoms with Crippen molar-refractivity contribution in [2.45, 2.75) is 58.5 Å². The molecular formula is C26H29F3N4O4. The second-order valence-corrected chi connectivity index (χ2v) is 9.81. The summed E-state index contributed by atoms with van der Waals surface area (Å²) in [7, 11) is 0. The molecule has 1 amide bonds. The van der Waals surface area contributed by atoms with Gasteiger partial charge in [0.1, 0.15) is 11.8 Å². The van der Waals surface area contributed by atoms with Gasteiger partial charge in [0.05, 0.1) is 11.0 Å². The molecule has 2 aromatic carbocycles. The maximum atomic E-state index is 12.6. The Kier molecular flexibility index (Phi) is 7.33. The number of anilines is 2. The number of carbonyl (C=O) groups excluding carboxylic acids is 1. The number of amides is 1. The lowest BCUT2D eigenvalue weighted by molar-refractivity contribution is -0.274. The Balaban J connectivity index is 1.69. The minimum atomic E-state index is -4.77. The molecule has 0 bridgehead atoms. The molecule has 3 N–H and O–H groups in total. The molecule has 37 heavy (non-hydrogen) atoms. The summed E-state index contributed by atoms with van der Waals surface area (Å²) in [6, 6.07) is 9.51. The molecule has 1 saturated carbocycles. The number of carboxylic acid groups (broad SMARTS) is 1. The number of aromatic nitrogens is 2. The molecular weight excluding hydrogens is 489 g/mol. The van der Waals surface area contributed by atoms with E-state index < -0.39 is 24.3 Å². The van der Waals surface area contributed by atoms with Crippen molar-refractivity contribution in [1.82, 2.24) is 14.9 Å². The Morgan fingerprint density at radius 1 is 1.08 bits per heavy atom. The third-order valence-corrected chi connectivity index (χ3v) is 6.53. The smallest absolute Gasteiger partial charge is 0.480 e. The molecule has 0 spiro atoms. The monoisotopic (exact) mass is 518 g/mol. The highest BCUT2D eigenvalue weighted by atomic mass is 19.4. The zero-order chi connectivity index (χ0) is 26.9. The highest BCUT2D eigenvalue weighted by Crippen LogP contribution is 2.40. The maximum Gasteiger partial charge on any atom is 0.573 e. The Labute approximate surface area is 211 Å². The molecule has 198 valence electrons. The summed E-state index contributed by atoms with van der Waals surface area (Å²) >= 11 is 0. The van der Waals surface area contributed by atoms with Gasteiger partial charge in [-0.05, 0) is 80.5 Å². The fraction of sp³-hybridized carbons (Fsp3) is 0.423. The maximum absolute atomic E-state index is 12.6. The number of carboxylic acids is 1. The molecule has 11 heteroatoms. The average molecular weight is 519 g/mol. The number of ether oxygens (including phenoxy) is 1. The first-order valence-corrected chi connectivity index (χ1v) is 12.1. The van der Waals surface area contributed by atoms with E-state index in [-0.39, 0.29) is 17.4 Å². The number of imidazole rings is 1. The average Bonchev–Trinajstić information content (AvgIpc) is 3.15. The lowest BCUT2D eigenvalue weighted by Gasteiger charge is -2.33. The summed E-state index contributed by atoms with van der Waals surface area (Å²) in [4.78, 5) is 28.4. The zero-order valence-electron chi connectivity index (χ0n) is 20.7. The SMILES string of the molecule is CC1C[C@@H](C)C[C@@H](n2c(Nc3ccc(OC(F)(F)F)cc3)nc3cc(C(=O)N[C@H](C)C(=O)O)ccc32)C1. The number of hydrogen-bond donors (Lipinski definition) is 3. The Bertz CT molecular complexity index is 1280. The number of hydrogen-bond acceptors (Lipinski definition) is 5. The van der Waals surface area contributed by atoms with E-state index in [2.05, 4.69) is 33.8 Å². The summed E-state index contributed by atoms with van der Waals surface area (Å²) in [6.07, 6.45) is -1.79. The van der Waals surface area contributed by atoms with Gasteiger partial charge in [-0.25, -0.2) is 4.98 Å². The van der Waals surface area contributed by atoms with Crippen molar-refractivity contribution in [2.75, 3.05) is 5.32 Å². The van der Waals surface area contributed by atoms with Crippen LogP contribution in [-0.4, -0.2) is 38.9 Å². The van der Waals surface area contributed by atoms with Crippen LogP contribution in [-0.2, 0) is 4.79 Å². The minimum Gasteiger partial charge on any atom is -0.480 e. The molecule has 3 aromatic rings. The molecule has 1 aliphatic rings. The van der Waals surface area contributed by atoms with Crippen molar-refractivity contribution in [1.29, 1.82) is 0 Å². The van der Waals surface area contributed by atoms with Gasteiger partial charge in [-0.1, -0.05) is 13.8 Å². The van der Waals surface area contributed by atoms with Crippen molar-refractivity contribution in [3.63, 3.8) is 0 Å². The van der Waals surface area contributed by atoms with Gasteiger partial charge in [0.2, 0.25) is 5.95 Å². The Hall–Kier alpha value is -3.76. The molecule has 0 aliphatic heterocycles. The molecule has 0 radical (unpaired) electrons. The number of nitrogens with zero attached hydrogens (tertiary/aromatic N) is 2.